The molecule has 0 radical (unpaired) electrons. The van der Waals surface area contributed by atoms with Gasteiger partial charge in [-0.05, 0) is 37.1 Å². The lowest BCUT2D eigenvalue weighted by atomic mass is 9.98. The summed E-state index contributed by atoms with van der Waals surface area (Å²) in [5.74, 6) is 0.874. The van der Waals surface area contributed by atoms with Crippen molar-refractivity contribution < 1.29 is 14.2 Å². The minimum atomic E-state index is -0.619. The lowest BCUT2D eigenvalue weighted by Gasteiger charge is -2.28. The summed E-state index contributed by atoms with van der Waals surface area (Å²) in [5.41, 5.74) is 2.13. The van der Waals surface area contributed by atoms with Crippen molar-refractivity contribution in [2.24, 2.45) is 0 Å². The molecule has 4 heteroatoms. The van der Waals surface area contributed by atoms with Crippen molar-refractivity contribution in [3.63, 3.8) is 0 Å². The van der Waals surface area contributed by atoms with E-state index in [2.05, 4.69) is 6.07 Å². The summed E-state index contributed by atoms with van der Waals surface area (Å²) >= 11 is 5.78. The quantitative estimate of drug-likeness (QED) is 0.769. The van der Waals surface area contributed by atoms with Crippen molar-refractivity contribution in [2.75, 3.05) is 26.2 Å². The fourth-order valence-corrected chi connectivity index (χ4v) is 2.46. The van der Waals surface area contributed by atoms with Crippen molar-refractivity contribution >= 4 is 11.6 Å². The number of hydrogen-bond acceptors (Lipinski definition) is 3. The fourth-order valence-electron chi connectivity index (χ4n) is 2.32. The monoisotopic (exact) mass is 270 g/mol. The first-order valence-corrected chi connectivity index (χ1v) is 6.74. The van der Waals surface area contributed by atoms with Gasteiger partial charge in [-0.25, -0.2) is 0 Å². The Balaban J connectivity index is 2.28. The number of halogens is 1. The van der Waals surface area contributed by atoms with Crippen molar-refractivity contribution in [1.29, 1.82) is 0 Å². The molecule has 0 saturated carbocycles. The van der Waals surface area contributed by atoms with Gasteiger partial charge >= 0.3 is 0 Å². The van der Waals surface area contributed by atoms with Crippen LogP contribution in [0.15, 0.2) is 18.2 Å². The third-order valence-corrected chi connectivity index (χ3v) is 3.50. The lowest BCUT2D eigenvalue weighted by molar-refractivity contribution is -0.170. The number of methoxy groups -OCH3 is 1. The molecule has 1 aromatic carbocycles. The maximum Gasteiger partial charge on any atom is 0.195 e. The summed E-state index contributed by atoms with van der Waals surface area (Å²) in [6, 6.07) is 6.03. The second kappa shape index (κ2) is 5.91. The van der Waals surface area contributed by atoms with Gasteiger partial charge in [0.25, 0.3) is 0 Å². The van der Waals surface area contributed by atoms with Crippen LogP contribution in [-0.4, -0.2) is 26.2 Å². The van der Waals surface area contributed by atoms with E-state index in [1.54, 1.807) is 7.11 Å². The Kier molecular flexibility index (Phi) is 4.49. The van der Waals surface area contributed by atoms with Crippen LogP contribution in [0.25, 0.3) is 0 Å². The van der Waals surface area contributed by atoms with E-state index >= 15 is 0 Å². The molecule has 1 saturated heterocycles. The van der Waals surface area contributed by atoms with Gasteiger partial charge < -0.3 is 14.2 Å². The van der Waals surface area contributed by atoms with Crippen LogP contribution in [0.1, 0.15) is 24.0 Å². The van der Waals surface area contributed by atoms with Crippen LogP contribution in [0.5, 0.6) is 5.75 Å². The molecule has 100 valence electrons. The second-order valence-electron chi connectivity index (χ2n) is 4.43. The minimum Gasteiger partial charge on any atom is -0.496 e. The molecule has 0 aromatic heterocycles. The molecular weight excluding hydrogens is 252 g/mol. The largest absolute Gasteiger partial charge is 0.496 e. The van der Waals surface area contributed by atoms with Crippen LogP contribution in [0.2, 0.25) is 0 Å². The number of benzene rings is 1. The maximum absolute atomic E-state index is 5.84. The fraction of sp³-hybridized carbons (Fsp3) is 0.571. The van der Waals surface area contributed by atoms with Crippen molar-refractivity contribution in [3.05, 3.63) is 29.3 Å². The van der Waals surface area contributed by atoms with E-state index in [1.807, 2.05) is 19.1 Å². The molecule has 0 bridgehead atoms. The molecule has 1 aliphatic heterocycles. The first-order valence-electron chi connectivity index (χ1n) is 6.21. The van der Waals surface area contributed by atoms with Crippen molar-refractivity contribution in [1.82, 2.24) is 0 Å². The Morgan fingerprint density at radius 1 is 1.33 bits per heavy atom. The molecule has 0 amide bonds. The Hall–Kier alpha value is -0.770. The van der Waals surface area contributed by atoms with Gasteiger partial charge in [-0.15, -0.1) is 11.6 Å². The Bertz CT molecular complexity index is 400. The summed E-state index contributed by atoms with van der Waals surface area (Å²) in [4.78, 5) is 0. The molecular formula is C14H19ClO3. The number of alkyl halides is 1. The van der Waals surface area contributed by atoms with Crippen LogP contribution in [-0.2, 0) is 15.3 Å². The third-order valence-electron chi connectivity index (χ3n) is 3.23. The number of ether oxygens (including phenoxy) is 3. The molecule has 0 spiro atoms. The molecule has 18 heavy (non-hydrogen) atoms. The van der Waals surface area contributed by atoms with Gasteiger partial charge in [-0.2, -0.15) is 0 Å². The highest BCUT2D eigenvalue weighted by atomic mass is 35.5. The lowest BCUT2D eigenvalue weighted by Crippen LogP contribution is -2.27. The minimum absolute atomic E-state index is 0.615. The summed E-state index contributed by atoms with van der Waals surface area (Å²) < 4.78 is 16.9. The zero-order chi connectivity index (χ0) is 13.0. The smallest absolute Gasteiger partial charge is 0.195 e. The molecule has 0 unspecified atom stereocenters. The van der Waals surface area contributed by atoms with E-state index in [9.17, 15) is 0 Å². The van der Waals surface area contributed by atoms with E-state index < -0.39 is 5.79 Å². The van der Waals surface area contributed by atoms with Gasteiger partial charge in [0.05, 0.1) is 20.3 Å². The van der Waals surface area contributed by atoms with Gasteiger partial charge in [0.2, 0.25) is 0 Å². The van der Waals surface area contributed by atoms with E-state index in [-0.39, 0.29) is 0 Å². The number of aryl methyl sites for hydroxylation is 1. The summed E-state index contributed by atoms with van der Waals surface area (Å²) in [5, 5.41) is 0. The highest BCUT2D eigenvalue weighted by Gasteiger charge is 2.38. The number of rotatable bonds is 5. The maximum atomic E-state index is 5.84. The molecule has 0 aliphatic carbocycles. The molecule has 2 rings (SSSR count). The molecule has 1 aromatic rings. The van der Waals surface area contributed by atoms with Crippen molar-refractivity contribution in [2.45, 2.75) is 25.6 Å². The van der Waals surface area contributed by atoms with Crippen LogP contribution in [0, 0.1) is 6.92 Å². The predicted molar refractivity (Wildman–Crippen MR) is 71.3 cm³/mol. The SMILES string of the molecule is COc1ccc(C2(CCCCl)OCCO2)cc1C. The van der Waals surface area contributed by atoms with Gasteiger partial charge in [-0.1, -0.05) is 0 Å². The zero-order valence-electron chi connectivity index (χ0n) is 10.9. The number of hydrogen-bond donors (Lipinski definition) is 0. The van der Waals surface area contributed by atoms with Gasteiger partial charge in [0.15, 0.2) is 5.79 Å². The average molecular weight is 271 g/mol. The van der Waals surface area contributed by atoms with Gasteiger partial charge in [0, 0.05) is 17.9 Å². The van der Waals surface area contributed by atoms with Crippen LogP contribution in [0.3, 0.4) is 0 Å². The van der Waals surface area contributed by atoms with Crippen LogP contribution in [0.4, 0.5) is 0 Å². The van der Waals surface area contributed by atoms with Crippen LogP contribution >= 0.6 is 11.6 Å². The van der Waals surface area contributed by atoms with E-state index in [1.165, 1.54) is 0 Å². The van der Waals surface area contributed by atoms with Gasteiger partial charge in [0.1, 0.15) is 5.75 Å². The standard InChI is InChI=1S/C14H19ClO3/c1-11-10-12(4-5-13(11)16-2)14(6-3-7-15)17-8-9-18-14/h4-5,10H,3,6-9H2,1-2H3. The molecule has 0 N–H and O–H groups in total. The predicted octanol–water partition coefficient (Wildman–Crippen LogP) is 3.22. The highest BCUT2D eigenvalue weighted by Crippen LogP contribution is 2.37. The van der Waals surface area contributed by atoms with E-state index in [0.29, 0.717) is 19.1 Å². The normalized spacial score (nSPS) is 17.9. The summed E-state index contributed by atoms with van der Waals surface area (Å²) in [7, 11) is 1.67. The van der Waals surface area contributed by atoms with E-state index in [4.69, 9.17) is 25.8 Å². The third kappa shape index (κ3) is 2.63. The molecule has 3 nitrogen and oxygen atoms in total. The highest BCUT2D eigenvalue weighted by molar-refractivity contribution is 6.17. The first-order chi connectivity index (χ1) is 8.72. The van der Waals surface area contributed by atoms with Crippen molar-refractivity contribution in [3.8, 4) is 5.75 Å². The average Bonchev–Trinajstić information content (AvgIpc) is 2.86. The Labute approximate surface area is 113 Å². The molecule has 1 aliphatic rings. The zero-order valence-corrected chi connectivity index (χ0v) is 11.6. The topological polar surface area (TPSA) is 27.7 Å². The second-order valence-corrected chi connectivity index (χ2v) is 4.80. The molecule has 1 heterocycles. The first kappa shape index (κ1) is 13.7. The Morgan fingerprint density at radius 2 is 2.06 bits per heavy atom. The molecule has 1 fully saturated rings. The Morgan fingerprint density at radius 3 is 2.61 bits per heavy atom. The summed E-state index contributed by atoms with van der Waals surface area (Å²) in [6.45, 7) is 3.28. The molecule has 0 atom stereocenters. The van der Waals surface area contributed by atoms with Crippen LogP contribution < -0.4 is 4.74 Å². The summed E-state index contributed by atoms with van der Waals surface area (Å²) in [6.07, 6.45) is 1.65. The van der Waals surface area contributed by atoms with E-state index in [0.717, 1.165) is 29.7 Å². The van der Waals surface area contributed by atoms with Gasteiger partial charge in [-0.3, -0.25) is 0 Å².